The van der Waals surface area contributed by atoms with Crippen molar-refractivity contribution in [3.05, 3.63) is 0 Å². The van der Waals surface area contributed by atoms with Crippen LogP contribution in [0.1, 0.15) is 26.2 Å². The number of aliphatic hydroxyl groups excluding tert-OH is 1. The Kier molecular flexibility index (Phi) is 4.63. The molecule has 0 spiro atoms. The van der Waals surface area contributed by atoms with Crippen molar-refractivity contribution in [1.29, 1.82) is 0 Å². The normalized spacial score (nSPS) is 15.1. The molecule has 6 N–H and O–H groups in total. The van der Waals surface area contributed by atoms with Crippen LogP contribution in [0.2, 0.25) is 0 Å². The fourth-order valence-corrected chi connectivity index (χ4v) is 0.988. The van der Waals surface area contributed by atoms with E-state index in [-0.39, 0.29) is 6.42 Å². The van der Waals surface area contributed by atoms with Crippen LogP contribution in [0.5, 0.6) is 0 Å². The lowest BCUT2D eigenvalue weighted by atomic mass is 9.96. The molecule has 7 heteroatoms. The van der Waals surface area contributed by atoms with Crippen LogP contribution in [-0.4, -0.2) is 54.3 Å². The van der Waals surface area contributed by atoms with E-state index in [1.54, 1.807) is 6.92 Å². The summed E-state index contributed by atoms with van der Waals surface area (Å²) in [5.74, 6) is -9.56. The van der Waals surface area contributed by atoms with Crippen molar-refractivity contribution in [3.8, 4) is 0 Å². The molecule has 0 aromatic rings. The van der Waals surface area contributed by atoms with Crippen LogP contribution < -0.4 is 0 Å². The molecule has 1 unspecified atom stereocenters. The first-order valence-corrected chi connectivity index (χ1v) is 4.48. The van der Waals surface area contributed by atoms with Gasteiger partial charge in [-0.05, 0) is 6.42 Å². The number of hydrogen-bond donors (Lipinski definition) is 6. The standard InChI is InChI=1S/C8H16O7/c1-2-3-4-5(9)7(12,13)8(14,15)6(10)11/h5,9,12-15H,2-4H2,1H3,(H,10,11). The van der Waals surface area contributed by atoms with Crippen LogP contribution in [0.25, 0.3) is 0 Å². The predicted octanol–water partition coefficient (Wildman–Crippen LogP) is -2.02. The first-order chi connectivity index (χ1) is 6.67. The molecular formula is C8H16O7. The highest BCUT2D eigenvalue weighted by atomic mass is 16.6. The van der Waals surface area contributed by atoms with E-state index < -0.39 is 23.6 Å². The van der Waals surface area contributed by atoms with Crippen LogP contribution in [-0.2, 0) is 4.79 Å². The fraction of sp³-hybridized carbons (Fsp3) is 0.875. The van der Waals surface area contributed by atoms with E-state index in [4.69, 9.17) is 25.5 Å². The van der Waals surface area contributed by atoms with Crippen molar-refractivity contribution in [2.45, 2.75) is 43.9 Å². The molecule has 0 aliphatic heterocycles. The zero-order valence-electron chi connectivity index (χ0n) is 8.29. The minimum Gasteiger partial charge on any atom is -0.477 e. The number of aliphatic carboxylic acids is 1. The van der Waals surface area contributed by atoms with Gasteiger partial charge in [-0.3, -0.25) is 0 Å². The molecular weight excluding hydrogens is 208 g/mol. The molecule has 90 valence electrons. The van der Waals surface area contributed by atoms with Crippen LogP contribution in [0.15, 0.2) is 0 Å². The number of aliphatic hydroxyl groups is 5. The number of hydrogen-bond acceptors (Lipinski definition) is 6. The lowest BCUT2D eigenvalue weighted by Gasteiger charge is -2.34. The molecule has 0 fully saturated rings. The highest BCUT2D eigenvalue weighted by molar-refractivity contribution is 5.76. The topological polar surface area (TPSA) is 138 Å². The van der Waals surface area contributed by atoms with Crippen molar-refractivity contribution in [2.75, 3.05) is 0 Å². The van der Waals surface area contributed by atoms with Crippen molar-refractivity contribution in [1.82, 2.24) is 0 Å². The first-order valence-electron chi connectivity index (χ1n) is 4.48. The van der Waals surface area contributed by atoms with Crippen molar-refractivity contribution in [2.24, 2.45) is 0 Å². The Morgan fingerprint density at radius 3 is 2.07 bits per heavy atom. The number of carboxylic acid groups (broad SMARTS) is 1. The molecule has 0 aromatic heterocycles. The van der Waals surface area contributed by atoms with Gasteiger partial charge in [0.1, 0.15) is 6.10 Å². The van der Waals surface area contributed by atoms with Gasteiger partial charge < -0.3 is 30.6 Å². The molecule has 0 rings (SSSR count). The average Bonchev–Trinajstić information content (AvgIpc) is 2.13. The number of rotatable bonds is 6. The molecule has 0 radical (unpaired) electrons. The molecule has 15 heavy (non-hydrogen) atoms. The molecule has 0 heterocycles. The highest BCUT2D eigenvalue weighted by Gasteiger charge is 2.58. The third-order valence-corrected chi connectivity index (χ3v) is 2.11. The average molecular weight is 224 g/mol. The van der Waals surface area contributed by atoms with E-state index >= 15 is 0 Å². The fourth-order valence-electron chi connectivity index (χ4n) is 0.988. The molecule has 7 nitrogen and oxygen atoms in total. The van der Waals surface area contributed by atoms with Crippen molar-refractivity contribution < 1.29 is 35.4 Å². The number of carbonyl (C=O) groups is 1. The molecule has 0 aliphatic rings. The summed E-state index contributed by atoms with van der Waals surface area (Å²) in [6, 6.07) is 0. The SMILES string of the molecule is CCCCC(O)C(O)(O)C(O)(O)C(=O)O. The Bertz CT molecular complexity index is 223. The molecule has 0 aliphatic carbocycles. The maximum atomic E-state index is 10.3. The molecule has 0 amide bonds. The van der Waals surface area contributed by atoms with Crippen LogP contribution in [0.4, 0.5) is 0 Å². The van der Waals surface area contributed by atoms with Gasteiger partial charge in [-0.15, -0.1) is 0 Å². The molecule has 0 saturated carbocycles. The second-order valence-electron chi connectivity index (χ2n) is 3.36. The van der Waals surface area contributed by atoms with Gasteiger partial charge >= 0.3 is 11.8 Å². The Labute approximate surface area is 86.2 Å². The summed E-state index contributed by atoms with van der Waals surface area (Å²) in [6.07, 6.45) is -1.09. The van der Waals surface area contributed by atoms with E-state index in [0.717, 1.165) is 0 Å². The second-order valence-corrected chi connectivity index (χ2v) is 3.36. The van der Waals surface area contributed by atoms with Gasteiger partial charge in [0.2, 0.25) is 0 Å². The van der Waals surface area contributed by atoms with Crippen molar-refractivity contribution in [3.63, 3.8) is 0 Å². The zero-order valence-corrected chi connectivity index (χ0v) is 8.29. The third kappa shape index (κ3) is 2.86. The summed E-state index contributed by atoms with van der Waals surface area (Å²) < 4.78 is 0. The Hall–Kier alpha value is -0.730. The minimum atomic E-state index is -3.81. The predicted molar refractivity (Wildman–Crippen MR) is 47.5 cm³/mol. The van der Waals surface area contributed by atoms with Gasteiger partial charge in [-0.25, -0.2) is 4.79 Å². The van der Waals surface area contributed by atoms with Gasteiger partial charge in [0.25, 0.3) is 5.79 Å². The summed E-state index contributed by atoms with van der Waals surface area (Å²) >= 11 is 0. The number of carboxylic acids is 1. The summed E-state index contributed by atoms with van der Waals surface area (Å²) in [5, 5.41) is 53.6. The van der Waals surface area contributed by atoms with Gasteiger partial charge in [-0.2, -0.15) is 0 Å². The van der Waals surface area contributed by atoms with Gasteiger partial charge in [0.15, 0.2) is 0 Å². The van der Waals surface area contributed by atoms with Crippen LogP contribution in [0.3, 0.4) is 0 Å². The largest absolute Gasteiger partial charge is 0.477 e. The summed E-state index contributed by atoms with van der Waals surface area (Å²) in [5.41, 5.74) is 0. The van der Waals surface area contributed by atoms with E-state index in [1.807, 2.05) is 0 Å². The summed E-state index contributed by atoms with van der Waals surface area (Å²) in [4.78, 5) is 10.3. The first kappa shape index (κ1) is 14.3. The maximum Gasteiger partial charge on any atom is 0.370 e. The van der Waals surface area contributed by atoms with Gasteiger partial charge in [0, 0.05) is 0 Å². The maximum absolute atomic E-state index is 10.3. The third-order valence-electron chi connectivity index (χ3n) is 2.11. The van der Waals surface area contributed by atoms with E-state index in [1.165, 1.54) is 0 Å². The van der Waals surface area contributed by atoms with Gasteiger partial charge in [-0.1, -0.05) is 19.8 Å². The minimum absolute atomic E-state index is 0.153. The molecule has 0 bridgehead atoms. The lowest BCUT2D eigenvalue weighted by Crippen LogP contribution is -2.65. The number of unbranched alkanes of at least 4 members (excludes halogenated alkanes) is 1. The highest BCUT2D eigenvalue weighted by Crippen LogP contribution is 2.24. The monoisotopic (exact) mass is 224 g/mol. The van der Waals surface area contributed by atoms with E-state index in [9.17, 15) is 9.90 Å². The second kappa shape index (κ2) is 4.86. The zero-order chi connectivity index (χ0) is 12.3. The molecule has 0 saturated heterocycles. The summed E-state index contributed by atoms with van der Waals surface area (Å²) in [6.45, 7) is 1.77. The lowest BCUT2D eigenvalue weighted by molar-refractivity contribution is -0.371. The van der Waals surface area contributed by atoms with Crippen molar-refractivity contribution >= 4 is 5.97 Å². The van der Waals surface area contributed by atoms with Crippen LogP contribution in [0, 0.1) is 0 Å². The quantitative estimate of drug-likeness (QED) is 0.286. The molecule has 1 atom stereocenters. The Morgan fingerprint density at radius 2 is 1.73 bits per heavy atom. The molecule has 0 aromatic carbocycles. The Balaban J connectivity index is 4.71. The van der Waals surface area contributed by atoms with E-state index in [0.29, 0.717) is 12.8 Å². The Morgan fingerprint density at radius 1 is 1.27 bits per heavy atom. The van der Waals surface area contributed by atoms with E-state index in [2.05, 4.69) is 0 Å². The van der Waals surface area contributed by atoms with Gasteiger partial charge in [0.05, 0.1) is 0 Å². The van der Waals surface area contributed by atoms with Crippen LogP contribution >= 0.6 is 0 Å². The summed E-state index contributed by atoms with van der Waals surface area (Å²) in [7, 11) is 0. The smallest absolute Gasteiger partial charge is 0.370 e.